The van der Waals surface area contributed by atoms with Crippen molar-refractivity contribution in [1.82, 2.24) is 4.57 Å². The van der Waals surface area contributed by atoms with Gasteiger partial charge in [0.25, 0.3) is 0 Å². The molecule has 1 heterocycles. The number of nitrogens with zero attached hydrogens (tertiary/aromatic N) is 1. The van der Waals surface area contributed by atoms with Crippen molar-refractivity contribution in [1.29, 1.82) is 0 Å². The lowest BCUT2D eigenvalue weighted by molar-refractivity contribution is -0.137. The van der Waals surface area contributed by atoms with Gasteiger partial charge < -0.3 is 9.45 Å². The summed E-state index contributed by atoms with van der Waals surface area (Å²) in [6.45, 7) is 2.03. The maximum Gasteiger partial charge on any atom is 0.165 e. The molecule has 0 amide bonds. The summed E-state index contributed by atoms with van der Waals surface area (Å²) >= 11 is 0. The summed E-state index contributed by atoms with van der Waals surface area (Å²) in [5, 5.41) is 9.59. The van der Waals surface area contributed by atoms with Gasteiger partial charge in [0.2, 0.25) is 0 Å². The molecule has 3 heteroatoms. The predicted molar refractivity (Wildman–Crippen MR) is 50.9 cm³/mol. The van der Waals surface area contributed by atoms with E-state index in [1.54, 1.807) is 6.07 Å². The molecule has 0 unspecified atom stereocenters. The van der Waals surface area contributed by atoms with Gasteiger partial charge in [-0.15, -0.1) is 0 Å². The van der Waals surface area contributed by atoms with Crippen molar-refractivity contribution in [2.75, 3.05) is 0 Å². The van der Waals surface area contributed by atoms with Gasteiger partial charge >= 0.3 is 0 Å². The fraction of sp³-hybridized carbons (Fsp3) is 0.200. The minimum Gasteiger partial charge on any atom is -0.350 e. The van der Waals surface area contributed by atoms with Crippen molar-refractivity contribution in [3.05, 3.63) is 30.0 Å². The second-order valence-electron chi connectivity index (χ2n) is 3.19. The van der Waals surface area contributed by atoms with Crippen molar-refractivity contribution in [2.24, 2.45) is 7.05 Å². The first kappa shape index (κ1) is 8.13. The van der Waals surface area contributed by atoms with E-state index in [1.807, 2.05) is 36.9 Å². The van der Waals surface area contributed by atoms with E-state index in [-0.39, 0.29) is 0 Å². The first-order valence-electron chi connectivity index (χ1n) is 4.09. The minimum absolute atomic E-state index is 0.474. The van der Waals surface area contributed by atoms with Crippen molar-refractivity contribution in [2.45, 2.75) is 6.92 Å². The Bertz CT molecular complexity index is 445. The topological polar surface area (TPSA) is 34.4 Å². The zero-order chi connectivity index (χ0) is 9.42. The van der Waals surface area contributed by atoms with Crippen LogP contribution in [0.2, 0.25) is 0 Å². The molecule has 0 bridgehead atoms. The van der Waals surface area contributed by atoms with Crippen LogP contribution in [-0.4, -0.2) is 9.82 Å². The van der Waals surface area contributed by atoms with Gasteiger partial charge in [0.1, 0.15) is 0 Å². The van der Waals surface area contributed by atoms with E-state index in [2.05, 4.69) is 4.89 Å². The normalized spacial score (nSPS) is 10.7. The molecule has 3 nitrogen and oxygen atoms in total. The van der Waals surface area contributed by atoms with Crippen LogP contribution in [0, 0.1) is 6.92 Å². The van der Waals surface area contributed by atoms with Crippen molar-refractivity contribution < 1.29 is 10.1 Å². The molecule has 1 aromatic heterocycles. The molecule has 2 rings (SSSR count). The van der Waals surface area contributed by atoms with Gasteiger partial charge in [-0.1, -0.05) is 0 Å². The van der Waals surface area contributed by atoms with Crippen LogP contribution in [0.5, 0.6) is 5.75 Å². The van der Waals surface area contributed by atoms with Crippen LogP contribution >= 0.6 is 0 Å². The Kier molecular flexibility index (Phi) is 1.74. The van der Waals surface area contributed by atoms with E-state index in [0.717, 1.165) is 10.9 Å². The number of rotatable bonds is 1. The van der Waals surface area contributed by atoms with Crippen LogP contribution in [-0.2, 0) is 7.05 Å². The van der Waals surface area contributed by atoms with Gasteiger partial charge in [-0.25, -0.2) is 5.26 Å². The standard InChI is InChI=1S/C10H11NO2/c1-7-6-11(2)10-4-3-8(13-12)5-9(7)10/h3-6,12H,1-2H3. The highest BCUT2D eigenvalue weighted by Crippen LogP contribution is 2.24. The molecule has 0 aliphatic rings. The zero-order valence-corrected chi connectivity index (χ0v) is 7.61. The van der Waals surface area contributed by atoms with Crippen LogP contribution in [0.3, 0.4) is 0 Å². The highest BCUT2D eigenvalue weighted by atomic mass is 17.1. The number of fused-ring (bicyclic) bond motifs is 1. The lowest BCUT2D eigenvalue weighted by Gasteiger charge is -1.98. The molecule has 13 heavy (non-hydrogen) atoms. The molecule has 0 atom stereocenters. The average Bonchev–Trinajstić information content (AvgIpc) is 2.42. The highest BCUT2D eigenvalue weighted by Gasteiger charge is 2.03. The second kappa shape index (κ2) is 2.78. The predicted octanol–water partition coefficient (Wildman–Crippen LogP) is 2.34. The molecule has 0 radical (unpaired) electrons. The Morgan fingerprint density at radius 3 is 2.85 bits per heavy atom. The van der Waals surface area contributed by atoms with Crippen molar-refractivity contribution in [3.8, 4) is 5.75 Å². The van der Waals surface area contributed by atoms with Gasteiger partial charge in [0, 0.05) is 24.1 Å². The first-order chi connectivity index (χ1) is 6.22. The third-order valence-electron chi connectivity index (χ3n) is 2.27. The lowest BCUT2D eigenvalue weighted by atomic mass is 10.2. The maximum atomic E-state index is 8.49. The number of benzene rings is 1. The van der Waals surface area contributed by atoms with E-state index in [9.17, 15) is 0 Å². The van der Waals surface area contributed by atoms with Crippen LogP contribution in [0.4, 0.5) is 0 Å². The minimum atomic E-state index is 0.474. The van der Waals surface area contributed by atoms with E-state index in [1.165, 1.54) is 5.56 Å². The monoisotopic (exact) mass is 177 g/mol. The van der Waals surface area contributed by atoms with Gasteiger partial charge in [-0.3, -0.25) is 0 Å². The average molecular weight is 177 g/mol. The Morgan fingerprint density at radius 1 is 1.38 bits per heavy atom. The smallest absolute Gasteiger partial charge is 0.165 e. The fourth-order valence-electron chi connectivity index (χ4n) is 1.62. The van der Waals surface area contributed by atoms with Crippen LogP contribution < -0.4 is 4.89 Å². The molecule has 1 N–H and O–H groups in total. The van der Waals surface area contributed by atoms with Gasteiger partial charge in [0.05, 0.1) is 0 Å². The molecule has 0 saturated carbocycles. The summed E-state index contributed by atoms with van der Waals surface area (Å²) in [6, 6.07) is 5.49. The number of hydrogen-bond donors (Lipinski definition) is 1. The Hall–Kier alpha value is -1.48. The van der Waals surface area contributed by atoms with Crippen LogP contribution in [0.15, 0.2) is 24.4 Å². The zero-order valence-electron chi connectivity index (χ0n) is 7.61. The van der Waals surface area contributed by atoms with E-state index >= 15 is 0 Å². The first-order valence-corrected chi connectivity index (χ1v) is 4.09. The Labute approximate surface area is 76.1 Å². The van der Waals surface area contributed by atoms with Crippen molar-refractivity contribution in [3.63, 3.8) is 0 Å². The molecule has 68 valence electrons. The van der Waals surface area contributed by atoms with Gasteiger partial charge in [0.15, 0.2) is 5.75 Å². The summed E-state index contributed by atoms with van der Waals surface area (Å²) in [4.78, 5) is 4.18. The molecule has 0 spiro atoms. The van der Waals surface area contributed by atoms with E-state index in [0.29, 0.717) is 5.75 Å². The van der Waals surface area contributed by atoms with Crippen LogP contribution in [0.1, 0.15) is 5.56 Å². The maximum absolute atomic E-state index is 8.49. The molecule has 0 fully saturated rings. The third kappa shape index (κ3) is 1.17. The summed E-state index contributed by atoms with van der Waals surface area (Å²) < 4.78 is 2.05. The lowest BCUT2D eigenvalue weighted by Crippen LogP contribution is -1.85. The Balaban J connectivity index is 2.76. The summed E-state index contributed by atoms with van der Waals surface area (Å²) in [5.74, 6) is 0.474. The second-order valence-corrected chi connectivity index (χ2v) is 3.19. The molecule has 0 saturated heterocycles. The molecule has 0 aliphatic heterocycles. The van der Waals surface area contributed by atoms with Gasteiger partial charge in [-0.2, -0.15) is 0 Å². The quantitative estimate of drug-likeness (QED) is 0.536. The molecule has 1 aromatic carbocycles. The van der Waals surface area contributed by atoms with Crippen LogP contribution in [0.25, 0.3) is 10.9 Å². The number of aryl methyl sites for hydroxylation is 2. The SMILES string of the molecule is Cc1cn(C)c2ccc(OO)cc12. The molecule has 0 aliphatic carbocycles. The van der Waals surface area contributed by atoms with E-state index in [4.69, 9.17) is 5.26 Å². The van der Waals surface area contributed by atoms with E-state index < -0.39 is 0 Å². The molecule has 2 aromatic rings. The molecular formula is C10H11NO2. The third-order valence-corrected chi connectivity index (χ3v) is 2.27. The number of hydrogen-bond acceptors (Lipinski definition) is 2. The largest absolute Gasteiger partial charge is 0.350 e. The summed E-state index contributed by atoms with van der Waals surface area (Å²) in [7, 11) is 1.99. The molecular weight excluding hydrogens is 166 g/mol. The van der Waals surface area contributed by atoms with Crippen molar-refractivity contribution >= 4 is 10.9 Å². The fourth-order valence-corrected chi connectivity index (χ4v) is 1.62. The summed E-state index contributed by atoms with van der Waals surface area (Å²) in [6.07, 6.45) is 2.05. The Morgan fingerprint density at radius 2 is 2.15 bits per heavy atom. The highest BCUT2D eigenvalue weighted by molar-refractivity contribution is 5.85. The van der Waals surface area contributed by atoms with Gasteiger partial charge in [-0.05, 0) is 30.7 Å². The number of aromatic nitrogens is 1. The summed E-state index contributed by atoms with van der Waals surface area (Å²) in [5.41, 5.74) is 2.31.